The molecule has 0 aliphatic heterocycles. The summed E-state index contributed by atoms with van der Waals surface area (Å²) in [5, 5.41) is 4.87. The fraction of sp³-hybridized carbons (Fsp3) is 0.480. The Morgan fingerprint density at radius 1 is 1.06 bits per heavy atom. The maximum atomic E-state index is 13.4. The zero-order valence-corrected chi connectivity index (χ0v) is 19.6. The molecule has 0 saturated heterocycles. The molecule has 4 rings (SSSR count). The summed E-state index contributed by atoms with van der Waals surface area (Å²) in [6.07, 6.45) is 4.28. The van der Waals surface area contributed by atoms with E-state index >= 15 is 0 Å². The summed E-state index contributed by atoms with van der Waals surface area (Å²) in [7, 11) is 0. The zero-order valence-electron chi connectivity index (χ0n) is 18.8. The largest absolute Gasteiger partial charge is 0.356 e. The highest BCUT2D eigenvalue weighted by molar-refractivity contribution is 7.17. The summed E-state index contributed by atoms with van der Waals surface area (Å²) in [6.45, 7) is 5.66. The van der Waals surface area contributed by atoms with Gasteiger partial charge in [-0.25, -0.2) is 4.79 Å². The number of amides is 1. The predicted octanol–water partition coefficient (Wildman–Crippen LogP) is 3.91. The van der Waals surface area contributed by atoms with Gasteiger partial charge >= 0.3 is 5.69 Å². The highest BCUT2D eigenvalue weighted by atomic mass is 32.1. The van der Waals surface area contributed by atoms with Gasteiger partial charge in [-0.2, -0.15) is 0 Å². The van der Waals surface area contributed by atoms with Crippen molar-refractivity contribution < 1.29 is 4.79 Å². The quantitative estimate of drug-likeness (QED) is 0.589. The second-order valence-corrected chi connectivity index (χ2v) is 9.83. The minimum atomic E-state index is -0.246. The molecule has 1 N–H and O–H groups in total. The first kappa shape index (κ1) is 22.5. The van der Waals surface area contributed by atoms with Gasteiger partial charge in [-0.3, -0.25) is 18.7 Å². The van der Waals surface area contributed by atoms with Crippen LogP contribution in [0.2, 0.25) is 0 Å². The highest BCUT2D eigenvalue weighted by Gasteiger charge is 2.27. The number of carbonyl (C=O) groups excluding carboxylic acids is 1. The van der Waals surface area contributed by atoms with Gasteiger partial charge in [0.15, 0.2) is 0 Å². The van der Waals surface area contributed by atoms with Gasteiger partial charge in [0.2, 0.25) is 5.91 Å². The van der Waals surface area contributed by atoms with Gasteiger partial charge in [-0.15, -0.1) is 11.3 Å². The lowest BCUT2D eigenvalue weighted by Gasteiger charge is -2.28. The fourth-order valence-electron chi connectivity index (χ4n) is 4.58. The number of aryl methyl sites for hydroxylation is 1. The second kappa shape index (κ2) is 9.86. The third-order valence-electron chi connectivity index (χ3n) is 6.51. The zero-order chi connectivity index (χ0) is 22.7. The second-order valence-electron chi connectivity index (χ2n) is 8.91. The number of benzene rings is 1. The van der Waals surface area contributed by atoms with E-state index < -0.39 is 0 Å². The molecule has 1 aromatic carbocycles. The van der Waals surface area contributed by atoms with E-state index in [0.29, 0.717) is 23.3 Å². The number of rotatable bonds is 7. The Labute approximate surface area is 191 Å². The van der Waals surface area contributed by atoms with E-state index in [4.69, 9.17) is 0 Å². The molecule has 1 aliphatic rings. The van der Waals surface area contributed by atoms with Crippen LogP contribution < -0.4 is 16.6 Å². The lowest BCUT2D eigenvalue weighted by Crippen LogP contribution is -2.42. The first-order chi connectivity index (χ1) is 15.5. The van der Waals surface area contributed by atoms with Crippen LogP contribution in [0, 0.1) is 18.8 Å². The number of aromatic nitrogens is 2. The number of nitrogens with one attached hydrogen (secondary N) is 1. The molecule has 0 radical (unpaired) electrons. The number of carbonyl (C=O) groups is 1. The molecule has 0 unspecified atom stereocenters. The summed E-state index contributed by atoms with van der Waals surface area (Å²) in [6, 6.07) is 9.99. The Morgan fingerprint density at radius 2 is 1.78 bits per heavy atom. The van der Waals surface area contributed by atoms with Crippen molar-refractivity contribution in [3.63, 3.8) is 0 Å². The lowest BCUT2D eigenvalue weighted by atomic mass is 9.81. The molecule has 1 aliphatic carbocycles. The van der Waals surface area contributed by atoms with E-state index in [2.05, 4.69) is 5.32 Å². The van der Waals surface area contributed by atoms with Crippen LogP contribution in [0.1, 0.15) is 50.2 Å². The van der Waals surface area contributed by atoms with Crippen LogP contribution in [0.5, 0.6) is 0 Å². The predicted molar refractivity (Wildman–Crippen MR) is 129 cm³/mol. The molecule has 2 aromatic heterocycles. The monoisotopic (exact) mass is 453 g/mol. The molecule has 6 nitrogen and oxygen atoms in total. The van der Waals surface area contributed by atoms with E-state index in [0.717, 1.165) is 44.2 Å². The van der Waals surface area contributed by atoms with Crippen molar-refractivity contribution in [1.29, 1.82) is 0 Å². The molecule has 32 heavy (non-hydrogen) atoms. The van der Waals surface area contributed by atoms with Crippen molar-refractivity contribution in [2.24, 2.45) is 11.8 Å². The molecule has 2 heterocycles. The van der Waals surface area contributed by atoms with Crippen molar-refractivity contribution in [2.45, 2.75) is 59.0 Å². The number of hydrogen-bond acceptors (Lipinski definition) is 4. The smallest absolute Gasteiger partial charge is 0.331 e. The molecule has 1 amide bonds. The van der Waals surface area contributed by atoms with Crippen LogP contribution in [-0.2, 0) is 17.9 Å². The maximum absolute atomic E-state index is 13.4. The highest BCUT2D eigenvalue weighted by Crippen LogP contribution is 2.30. The third kappa shape index (κ3) is 4.72. The molecular formula is C25H31N3O3S. The van der Waals surface area contributed by atoms with E-state index in [1.165, 1.54) is 21.5 Å². The first-order valence-corrected chi connectivity index (χ1v) is 12.4. The Bertz CT molecular complexity index is 1200. The fourth-order valence-corrected chi connectivity index (χ4v) is 5.42. The van der Waals surface area contributed by atoms with Gasteiger partial charge in [0.05, 0.1) is 12.1 Å². The molecule has 7 heteroatoms. The number of hydrogen-bond donors (Lipinski definition) is 1. The summed E-state index contributed by atoms with van der Waals surface area (Å²) < 4.78 is 3.78. The van der Waals surface area contributed by atoms with Crippen LogP contribution in [0.3, 0.4) is 0 Å². The SMILES string of the molecule is CCCNC(=O)C1CCC(Cn2c(=O)c3sccc3n(Cc3ccc(C)cc3)c2=O)CC1. The number of fused-ring (bicyclic) bond motifs is 1. The van der Waals surface area contributed by atoms with E-state index in [-0.39, 0.29) is 29.0 Å². The Hall–Kier alpha value is -2.67. The normalized spacial score (nSPS) is 18.7. The Balaban J connectivity index is 1.56. The van der Waals surface area contributed by atoms with Gasteiger partial charge in [-0.1, -0.05) is 36.8 Å². The summed E-state index contributed by atoms with van der Waals surface area (Å²) >= 11 is 1.39. The third-order valence-corrected chi connectivity index (χ3v) is 7.40. The summed E-state index contributed by atoms with van der Waals surface area (Å²) in [5.74, 6) is 0.427. The van der Waals surface area contributed by atoms with Gasteiger partial charge in [0, 0.05) is 19.0 Å². The van der Waals surface area contributed by atoms with Gasteiger partial charge in [-0.05, 0) is 62.0 Å². The molecular weight excluding hydrogens is 422 g/mol. The van der Waals surface area contributed by atoms with Crippen molar-refractivity contribution in [1.82, 2.24) is 14.5 Å². The minimum absolute atomic E-state index is 0.0486. The standard InChI is InChI=1S/C25H31N3O3S/c1-3-13-26-23(29)20-10-8-19(9-11-20)16-28-24(30)22-21(12-14-32-22)27(25(28)31)15-18-6-4-17(2)5-7-18/h4-7,12,14,19-20H,3,8-11,13,15-16H2,1-2H3,(H,26,29). The average molecular weight is 454 g/mol. The molecule has 0 bridgehead atoms. The molecule has 3 aromatic rings. The van der Waals surface area contributed by atoms with Crippen molar-refractivity contribution >= 4 is 27.5 Å². The summed E-state index contributed by atoms with van der Waals surface area (Å²) in [5.41, 5.74) is 2.48. The van der Waals surface area contributed by atoms with Crippen molar-refractivity contribution in [3.05, 3.63) is 67.7 Å². The van der Waals surface area contributed by atoms with Crippen LogP contribution in [0.25, 0.3) is 10.2 Å². The van der Waals surface area contributed by atoms with E-state index in [1.54, 1.807) is 4.57 Å². The van der Waals surface area contributed by atoms with Crippen LogP contribution in [0.15, 0.2) is 45.3 Å². The number of thiophene rings is 1. The van der Waals surface area contributed by atoms with Crippen LogP contribution in [-0.4, -0.2) is 21.6 Å². The topological polar surface area (TPSA) is 73.1 Å². The lowest BCUT2D eigenvalue weighted by molar-refractivity contribution is -0.126. The van der Waals surface area contributed by atoms with Crippen LogP contribution >= 0.6 is 11.3 Å². The maximum Gasteiger partial charge on any atom is 0.331 e. The van der Waals surface area contributed by atoms with Gasteiger partial charge in [0.25, 0.3) is 5.56 Å². The molecule has 0 spiro atoms. The Morgan fingerprint density at radius 3 is 2.47 bits per heavy atom. The molecule has 1 fully saturated rings. The van der Waals surface area contributed by atoms with Gasteiger partial charge < -0.3 is 5.32 Å². The van der Waals surface area contributed by atoms with Crippen molar-refractivity contribution in [3.8, 4) is 0 Å². The minimum Gasteiger partial charge on any atom is -0.356 e. The van der Waals surface area contributed by atoms with Gasteiger partial charge in [0.1, 0.15) is 4.70 Å². The first-order valence-electron chi connectivity index (χ1n) is 11.5. The summed E-state index contributed by atoms with van der Waals surface area (Å²) in [4.78, 5) is 38.8. The van der Waals surface area contributed by atoms with Crippen molar-refractivity contribution in [2.75, 3.05) is 6.54 Å². The average Bonchev–Trinajstić information content (AvgIpc) is 3.29. The van der Waals surface area contributed by atoms with E-state index in [1.807, 2.05) is 49.6 Å². The van der Waals surface area contributed by atoms with E-state index in [9.17, 15) is 14.4 Å². The molecule has 170 valence electrons. The number of nitrogens with zero attached hydrogens (tertiary/aromatic N) is 2. The van der Waals surface area contributed by atoms with Crippen LogP contribution in [0.4, 0.5) is 0 Å². The Kier molecular flexibility index (Phi) is 6.94. The molecule has 0 atom stereocenters. The molecule has 1 saturated carbocycles.